The van der Waals surface area contributed by atoms with Crippen LogP contribution in [0.4, 0.5) is 11.4 Å². The number of benzene rings is 4. The van der Waals surface area contributed by atoms with Crippen molar-refractivity contribution in [2.75, 3.05) is 10.6 Å². The van der Waals surface area contributed by atoms with E-state index >= 15 is 0 Å². The molecule has 1 atom stereocenters. The molecule has 5 rings (SSSR count). The Balaban J connectivity index is 1.32. The maximum Gasteiger partial charge on any atom is 0.272 e. The molecule has 220 valence electrons. The third-order valence-electron chi connectivity index (χ3n) is 6.82. The third-order valence-corrected chi connectivity index (χ3v) is 8.79. The summed E-state index contributed by atoms with van der Waals surface area (Å²) in [6.45, 7) is 3.96. The van der Waals surface area contributed by atoms with E-state index in [0.29, 0.717) is 11.3 Å². The lowest BCUT2D eigenvalue weighted by molar-refractivity contribution is -0.116. The fourth-order valence-electron chi connectivity index (χ4n) is 4.52. The summed E-state index contributed by atoms with van der Waals surface area (Å²) in [5.41, 5.74) is 5.66. The first-order chi connectivity index (χ1) is 21.4. The highest BCUT2D eigenvalue weighted by Crippen LogP contribution is 2.37. The summed E-state index contributed by atoms with van der Waals surface area (Å²) in [4.78, 5) is 40.6. The molecule has 6 nitrogen and oxygen atoms in total. The van der Waals surface area contributed by atoms with E-state index in [2.05, 4.69) is 16.0 Å². The molecule has 0 aliphatic heterocycles. The maximum absolute atomic E-state index is 13.6. The van der Waals surface area contributed by atoms with Crippen molar-refractivity contribution in [2.24, 2.45) is 0 Å². The van der Waals surface area contributed by atoms with Crippen LogP contribution in [0.1, 0.15) is 37.9 Å². The second kappa shape index (κ2) is 14.5. The van der Waals surface area contributed by atoms with Crippen molar-refractivity contribution in [3.05, 3.63) is 153 Å². The fourth-order valence-corrected chi connectivity index (χ4v) is 6.16. The lowest BCUT2D eigenvalue weighted by Crippen LogP contribution is -2.30. The summed E-state index contributed by atoms with van der Waals surface area (Å²) in [5.74, 6) is -0.940. The van der Waals surface area contributed by atoms with Gasteiger partial charge in [-0.3, -0.25) is 14.4 Å². The van der Waals surface area contributed by atoms with Crippen LogP contribution in [0.25, 0.3) is 6.08 Å². The van der Waals surface area contributed by atoms with Gasteiger partial charge in [0.05, 0.1) is 0 Å². The van der Waals surface area contributed by atoms with Gasteiger partial charge in [-0.25, -0.2) is 0 Å². The molecular formula is C36H31N3O3S2. The van der Waals surface area contributed by atoms with E-state index in [0.717, 1.165) is 32.8 Å². The van der Waals surface area contributed by atoms with E-state index in [1.165, 1.54) is 23.1 Å². The van der Waals surface area contributed by atoms with Crippen molar-refractivity contribution in [1.82, 2.24) is 5.32 Å². The minimum atomic E-state index is -0.496. The summed E-state index contributed by atoms with van der Waals surface area (Å²) in [6.07, 6.45) is 1.65. The molecule has 44 heavy (non-hydrogen) atoms. The van der Waals surface area contributed by atoms with E-state index in [4.69, 9.17) is 0 Å². The fraction of sp³-hybridized carbons (Fsp3) is 0.0833. The zero-order chi connectivity index (χ0) is 30.9. The number of hydrogen-bond acceptors (Lipinski definition) is 5. The topological polar surface area (TPSA) is 87.3 Å². The van der Waals surface area contributed by atoms with Crippen LogP contribution in [0.2, 0.25) is 0 Å². The number of hydrogen-bond donors (Lipinski definition) is 3. The molecule has 0 spiro atoms. The van der Waals surface area contributed by atoms with Gasteiger partial charge in [-0.15, -0.1) is 11.8 Å². The molecule has 1 heterocycles. The molecule has 4 aromatic carbocycles. The molecule has 0 radical (unpaired) electrons. The van der Waals surface area contributed by atoms with Crippen molar-refractivity contribution in [2.45, 2.75) is 24.0 Å². The number of thiophene rings is 1. The molecule has 0 saturated heterocycles. The highest BCUT2D eigenvalue weighted by Gasteiger charge is 2.23. The van der Waals surface area contributed by atoms with Gasteiger partial charge in [-0.05, 0) is 95.4 Å². The molecule has 3 amide bonds. The molecule has 0 aliphatic rings. The van der Waals surface area contributed by atoms with Gasteiger partial charge in [0.15, 0.2) is 0 Å². The molecule has 0 fully saturated rings. The molecule has 8 heteroatoms. The van der Waals surface area contributed by atoms with Crippen molar-refractivity contribution in [1.29, 1.82) is 0 Å². The predicted molar refractivity (Wildman–Crippen MR) is 181 cm³/mol. The summed E-state index contributed by atoms with van der Waals surface area (Å²) in [6, 6.07) is 33.5. The Morgan fingerprint density at radius 1 is 0.750 bits per heavy atom. The van der Waals surface area contributed by atoms with E-state index in [1.807, 2.05) is 97.4 Å². The third kappa shape index (κ3) is 7.92. The Bertz CT molecular complexity index is 1750. The molecule has 5 aromatic rings. The molecule has 0 bridgehead atoms. The van der Waals surface area contributed by atoms with Crippen molar-refractivity contribution < 1.29 is 14.4 Å². The van der Waals surface area contributed by atoms with Gasteiger partial charge in [0.25, 0.3) is 11.8 Å². The van der Waals surface area contributed by atoms with Gasteiger partial charge in [0, 0.05) is 21.8 Å². The Hall–Kier alpha value is -4.92. The second-order valence-electron chi connectivity index (χ2n) is 10.1. The quantitative estimate of drug-likeness (QED) is 0.109. The number of thioether (sulfide) groups is 1. The highest BCUT2D eigenvalue weighted by atomic mass is 32.2. The number of carbonyl (C=O) groups is 3. The average molecular weight is 618 g/mol. The molecule has 0 saturated carbocycles. The number of amides is 3. The molecular weight excluding hydrogens is 587 g/mol. The van der Waals surface area contributed by atoms with Gasteiger partial charge >= 0.3 is 0 Å². The van der Waals surface area contributed by atoms with Crippen LogP contribution in [-0.4, -0.2) is 17.7 Å². The molecule has 3 N–H and O–H groups in total. The lowest BCUT2D eigenvalue weighted by atomic mass is 10.1. The Labute approximate surface area is 265 Å². The predicted octanol–water partition coefficient (Wildman–Crippen LogP) is 8.25. The van der Waals surface area contributed by atoms with E-state index in [1.54, 1.807) is 42.5 Å². The minimum Gasteiger partial charge on any atom is -0.324 e. The number of anilines is 2. The van der Waals surface area contributed by atoms with Gasteiger partial charge in [0.2, 0.25) is 5.91 Å². The zero-order valence-electron chi connectivity index (χ0n) is 24.2. The Kier molecular flexibility index (Phi) is 10.1. The van der Waals surface area contributed by atoms with Crippen LogP contribution in [0, 0.1) is 13.8 Å². The first kappa shape index (κ1) is 30.5. The summed E-state index contributed by atoms with van der Waals surface area (Å²) in [5, 5.41) is 12.1. The monoisotopic (exact) mass is 617 g/mol. The second-order valence-corrected chi connectivity index (χ2v) is 12.0. The standard InChI is InChI=1S/C36H31N3O3S2/c1-24-10-9-11-25(2)32(24)39-36(42)33(27-12-5-3-6-13-27)44-30-18-16-29(17-19-30)37-35(41)31(22-26-20-21-43-23-26)38-34(40)28-14-7-4-8-15-28/h3-23,33H,1-2H3,(H,37,41)(H,38,40)(H,39,42)/b31-22-. The van der Waals surface area contributed by atoms with Crippen LogP contribution in [0.5, 0.6) is 0 Å². The molecule has 1 unspecified atom stereocenters. The van der Waals surface area contributed by atoms with Crippen molar-refractivity contribution >= 4 is 58.3 Å². The summed E-state index contributed by atoms with van der Waals surface area (Å²) < 4.78 is 0. The number of carbonyl (C=O) groups excluding carboxylic acids is 3. The van der Waals surface area contributed by atoms with Crippen LogP contribution in [-0.2, 0) is 9.59 Å². The maximum atomic E-state index is 13.6. The Morgan fingerprint density at radius 2 is 1.41 bits per heavy atom. The number of rotatable bonds is 10. The number of aryl methyl sites for hydroxylation is 2. The average Bonchev–Trinajstić information content (AvgIpc) is 3.56. The number of nitrogens with one attached hydrogen (secondary N) is 3. The lowest BCUT2D eigenvalue weighted by Gasteiger charge is -2.19. The van der Waals surface area contributed by atoms with Crippen LogP contribution < -0.4 is 16.0 Å². The normalized spacial score (nSPS) is 11.8. The summed E-state index contributed by atoms with van der Waals surface area (Å²) >= 11 is 2.93. The molecule has 1 aromatic heterocycles. The van der Waals surface area contributed by atoms with E-state index in [9.17, 15) is 14.4 Å². The SMILES string of the molecule is Cc1cccc(C)c1NC(=O)C(Sc1ccc(NC(=O)/C(=C/c2ccsc2)NC(=O)c2ccccc2)cc1)c1ccccc1. The van der Waals surface area contributed by atoms with Gasteiger partial charge in [0.1, 0.15) is 10.9 Å². The van der Waals surface area contributed by atoms with E-state index < -0.39 is 11.2 Å². The van der Waals surface area contributed by atoms with Crippen LogP contribution >= 0.6 is 23.1 Å². The first-order valence-corrected chi connectivity index (χ1v) is 15.8. The smallest absolute Gasteiger partial charge is 0.272 e. The van der Waals surface area contributed by atoms with E-state index in [-0.39, 0.29) is 17.5 Å². The summed E-state index contributed by atoms with van der Waals surface area (Å²) in [7, 11) is 0. The molecule has 0 aliphatic carbocycles. The van der Waals surface area contributed by atoms with Crippen molar-refractivity contribution in [3.8, 4) is 0 Å². The zero-order valence-corrected chi connectivity index (χ0v) is 25.9. The van der Waals surface area contributed by atoms with Crippen LogP contribution in [0.15, 0.2) is 131 Å². The first-order valence-electron chi connectivity index (χ1n) is 14.0. The highest BCUT2D eigenvalue weighted by molar-refractivity contribution is 8.00. The van der Waals surface area contributed by atoms with Crippen LogP contribution in [0.3, 0.4) is 0 Å². The van der Waals surface area contributed by atoms with Crippen molar-refractivity contribution in [3.63, 3.8) is 0 Å². The minimum absolute atomic E-state index is 0.117. The largest absolute Gasteiger partial charge is 0.324 e. The van der Waals surface area contributed by atoms with Gasteiger partial charge in [-0.2, -0.15) is 11.3 Å². The number of para-hydroxylation sites is 1. The Morgan fingerprint density at radius 3 is 2.05 bits per heavy atom. The van der Waals surface area contributed by atoms with Gasteiger partial charge < -0.3 is 16.0 Å². The van der Waals surface area contributed by atoms with Gasteiger partial charge in [-0.1, -0.05) is 66.7 Å².